The summed E-state index contributed by atoms with van der Waals surface area (Å²) in [6.07, 6.45) is 13.8. The normalized spacial score (nSPS) is 14.4. The first-order chi connectivity index (χ1) is 56.5. The maximum Gasteiger partial charge on any atom is 2.00 e. The van der Waals surface area contributed by atoms with Gasteiger partial charge in [-0.25, -0.2) is 4.76 Å². The van der Waals surface area contributed by atoms with E-state index in [2.05, 4.69) is 199 Å². The number of aromatic nitrogens is 4. The Morgan fingerprint density at radius 3 is 1.32 bits per heavy atom. The SMILES string of the molecule is [CH2-]c1ccccc1-n1cc(-c2ccc3c(c2)oc2ccccc23)cn1.[CH2-]c1ccccc1-n1cc(-c2ccc3c(c2)sc2ccccc23)cn1.[CH2-]c1ccccc1C1=NP(=O)(c2ccccc2)C(c2c(C)cc(-c3ccccc3)cc2C)=C1.[CH2-]c1ccccc1N1C=C(c2c(C)cc(-c3ccccc3)cc2C)P(=O)(c2ccccc2)[CH-]1.[Rh+2].[Rh].[Rh].[Rh]. The summed E-state index contributed by atoms with van der Waals surface area (Å²) in [5, 5.41) is 17.2. The second-order valence-electron chi connectivity index (χ2n) is 29.2. The summed E-state index contributed by atoms with van der Waals surface area (Å²) in [6, 6.07) is 110. The summed E-state index contributed by atoms with van der Waals surface area (Å²) in [5.74, 6) is 0. The van der Waals surface area contributed by atoms with Gasteiger partial charge in [-0.3, -0.25) is 13.9 Å². The smallest absolute Gasteiger partial charge is 0.544 e. The summed E-state index contributed by atoms with van der Waals surface area (Å²) >= 11 is 1.84. The van der Waals surface area contributed by atoms with Crippen molar-refractivity contribution in [2.45, 2.75) is 27.7 Å². The van der Waals surface area contributed by atoms with Crippen LogP contribution in [0.15, 0.2) is 374 Å². The second-order valence-corrected chi connectivity index (χ2v) is 35.1. The van der Waals surface area contributed by atoms with Crippen LogP contribution in [-0.2, 0) is 87.0 Å². The van der Waals surface area contributed by atoms with Crippen molar-refractivity contribution >= 4 is 101 Å². The first-order valence-electron chi connectivity index (χ1n) is 38.5. The van der Waals surface area contributed by atoms with Gasteiger partial charge >= 0.3 is 19.5 Å². The van der Waals surface area contributed by atoms with E-state index in [0.717, 1.165) is 149 Å². The quantitative estimate of drug-likeness (QED) is 0.0687. The molecule has 120 heavy (non-hydrogen) atoms. The van der Waals surface area contributed by atoms with Crippen molar-refractivity contribution in [2.75, 3.05) is 4.90 Å². The van der Waals surface area contributed by atoms with Crippen molar-refractivity contribution in [2.24, 2.45) is 4.76 Å². The van der Waals surface area contributed by atoms with Crippen molar-refractivity contribution in [1.29, 1.82) is 0 Å². The zero-order valence-corrected chi connectivity index (χ0v) is 75.3. The number of nitrogens with zero attached hydrogens (tertiary/aromatic N) is 6. The molecule has 0 spiro atoms. The average Bonchev–Trinajstić information content (AvgIpc) is 1.57. The molecule has 0 fully saturated rings. The molecule has 0 saturated heterocycles. The monoisotopic (exact) mass is 1970 g/mol. The number of aryl methyl sites for hydroxylation is 4. The van der Waals surface area contributed by atoms with Gasteiger partial charge in [-0.05, 0) is 166 Å². The number of benzene rings is 14. The Labute approximate surface area is 757 Å². The largest absolute Gasteiger partial charge is 2.00 e. The van der Waals surface area contributed by atoms with Crippen LogP contribution in [0.3, 0.4) is 0 Å². The molecule has 2 atom stereocenters. The predicted molar refractivity (Wildman–Crippen MR) is 488 cm³/mol. The zero-order chi connectivity index (χ0) is 79.6. The molecule has 0 bridgehead atoms. The second kappa shape index (κ2) is 37.7. The molecule has 6 heterocycles. The minimum Gasteiger partial charge on any atom is -0.544 e. The van der Waals surface area contributed by atoms with E-state index < -0.39 is 14.4 Å². The molecular weight excluding hydrogens is 1890 g/mol. The van der Waals surface area contributed by atoms with Gasteiger partial charge in [-0.15, -0.1) is 47.2 Å². The number of fused-ring (bicyclic) bond motifs is 6. The Bertz CT molecular complexity index is 6620. The average molecular weight is 1970 g/mol. The van der Waals surface area contributed by atoms with Gasteiger partial charge in [0.1, 0.15) is 11.2 Å². The molecule has 2 aliphatic heterocycles. The maximum atomic E-state index is 14.7. The van der Waals surface area contributed by atoms with Crippen LogP contribution in [0.1, 0.15) is 61.2 Å². The first-order valence-corrected chi connectivity index (χ1v) is 42.7. The Hall–Kier alpha value is -11.1. The van der Waals surface area contributed by atoms with Crippen LogP contribution in [-0.4, -0.2) is 25.3 Å². The molecule has 0 saturated carbocycles. The van der Waals surface area contributed by atoms with Crippen molar-refractivity contribution < 1.29 is 91.5 Å². The van der Waals surface area contributed by atoms with E-state index in [0.29, 0.717) is 0 Å². The Balaban J connectivity index is 0.000000138. The molecule has 0 N–H and O–H groups in total. The molecule has 0 amide bonds. The molecule has 4 radical (unpaired) electrons. The molecular formula is C104H81N6O3P2Rh4S-3. The number of anilines is 1. The number of thiophene rings is 1. The van der Waals surface area contributed by atoms with Crippen molar-refractivity contribution in [3.8, 4) is 55.9 Å². The van der Waals surface area contributed by atoms with Crippen LogP contribution in [0.4, 0.5) is 5.69 Å². The van der Waals surface area contributed by atoms with Gasteiger partial charge in [0.25, 0.3) is 0 Å². The third-order valence-electron chi connectivity index (χ3n) is 21.4. The topological polar surface area (TPSA) is 98.5 Å². The number of furan rings is 1. The number of hydrogen-bond acceptors (Lipinski definition) is 7. The Morgan fingerprint density at radius 2 is 0.783 bits per heavy atom. The van der Waals surface area contributed by atoms with E-state index in [4.69, 9.17) is 9.18 Å². The minimum atomic E-state index is -3.22. The minimum absolute atomic E-state index is 0. The van der Waals surface area contributed by atoms with E-state index >= 15 is 0 Å². The Morgan fingerprint density at radius 1 is 0.367 bits per heavy atom. The number of rotatable bonds is 12. The predicted octanol–water partition coefficient (Wildman–Crippen LogP) is 27.1. The van der Waals surface area contributed by atoms with Crippen LogP contribution in [0.25, 0.3) is 109 Å². The van der Waals surface area contributed by atoms with Crippen LogP contribution < -0.4 is 15.5 Å². The van der Waals surface area contributed by atoms with Gasteiger partial charge in [-0.1, -0.05) is 236 Å². The fourth-order valence-electron chi connectivity index (χ4n) is 15.7. The van der Waals surface area contributed by atoms with Gasteiger partial charge in [0.05, 0.1) is 12.4 Å². The number of hydrogen-bond donors (Lipinski definition) is 0. The van der Waals surface area contributed by atoms with Gasteiger partial charge in [-0.2, -0.15) is 90.7 Å². The first kappa shape index (κ1) is 86.7. The summed E-state index contributed by atoms with van der Waals surface area (Å²) in [4.78, 5) is 2.00. The van der Waals surface area contributed by atoms with Gasteiger partial charge in [0, 0.05) is 142 Å². The molecule has 16 heteroatoms. The fourth-order valence-corrected chi connectivity index (χ4v) is 22.0. The van der Waals surface area contributed by atoms with Crippen molar-refractivity contribution in [3.05, 3.63) is 460 Å². The third-order valence-corrected chi connectivity index (χ3v) is 27.8. The molecule has 14 aromatic carbocycles. The molecule has 0 aliphatic carbocycles. The summed E-state index contributed by atoms with van der Waals surface area (Å²) in [6.45, 7) is 24.9. The molecule has 9 nitrogen and oxygen atoms in total. The van der Waals surface area contributed by atoms with Crippen LogP contribution >= 0.6 is 25.8 Å². The Kier molecular flexibility index (Phi) is 27.2. The summed E-state index contributed by atoms with van der Waals surface area (Å²) in [5.41, 5.74) is 25.7. The van der Waals surface area contributed by atoms with Crippen LogP contribution in [0.2, 0.25) is 0 Å². The molecule has 2 unspecified atom stereocenters. The van der Waals surface area contributed by atoms with E-state index in [1.165, 1.54) is 42.4 Å². The number of allylic oxidation sites excluding steroid dienone is 1. The zero-order valence-electron chi connectivity index (χ0n) is 66.1. The van der Waals surface area contributed by atoms with E-state index in [1.807, 2.05) is 263 Å². The van der Waals surface area contributed by atoms with E-state index in [1.54, 1.807) is 0 Å². The molecule has 18 aromatic rings. The maximum absolute atomic E-state index is 14.7. The molecule has 20 rings (SSSR count). The van der Waals surface area contributed by atoms with Crippen molar-refractivity contribution in [3.63, 3.8) is 0 Å². The van der Waals surface area contributed by atoms with E-state index in [-0.39, 0.29) is 77.9 Å². The molecule has 2 aliphatic rings. The standard InChI is InChI=1S/C30H26NOP.C30H25NOP.C22H15N2O.C22H15N2S.4Rh/c1-22-12-10-11-17-28(22)31-20-29(33(32,21-31)27-15-8-5-9-16-27)30-23(2)18-26(19-24(30)3)25-13-6-4-7-14-25;1-21-12-10-11-17-27(21)28-20-29(33(32,31-28)26-15-8-5-9-16-26)30-22(2)18-25(19-23(30)3)24-13-6-4-7-14-24;2*1-15-6-2-4-8-20(15)24-14-17(13-23-24)16-10-11-19-18-7-3-5-9-21(18)25-22(19)12-16;;;;/h4-21H,1H2,2-3H3;4-20H,1H2,2-3H3;2*2-14H,1H2;;;;/q-2;3*-1;;;;+2. The van der Waals surface area contributed by atoms with Crippen LogP contribution in [0.5, 0.6) is 0 Å². The third kappa shape index (κ3) is 17.6. The van der Waals surface area contributed by atoms with Crippen molar-refractivity contribution in [1.82, 2.24) is 19.6 Å². The summed E-state index contributed by atoms with van der Waals surface area (Å²) < 4.78 is 46.6. The van der Waals surface area contributed by atoms with Gasteiger partial charge in [0.15, 0.2) is 0 Å². The number of para-hydroxylation sites is 4. The van der Waals surface area contributed by atoms with E-state index in [9.17, 15) is 9.13 Å². The summed E-state index contributed by atoms with van der Waals surface area (Å²) in [7, 11) is -6.22. The fraction of sp³-hybridized carbons (Fsp3) is 0.0385. The molecule has 600 valence electrons. The van der Waals surface area contributed by atoms with Gasteiger partial charge in [0.2, 0.25) is 7.29 Å². The van der Waals surface area contributed by atoms with Crippen LogP contribution in [0, 0.1) is 61.7 Å². The molecule has 4 aromatic heterocycles. The van der Waals surface area contributed by atoms with Gasteiger partial charge < -0.3 is 13.9 Å².